The maximum absolute atomic E-state index is 14.5. The Kier molecular flexibility index (Phi) is 10.6. The van der Waals surface area contributed by atoms with E-state index in [1.54, 1.807) is 63.2 Å². The molecule has 0 saturated heterocycles. The van der Waals surface area contributed by atoms with Crippen LogP contribution in [0, 0.1) is 10.1 Å². The van der Waals surface area contributed by atoms with E-state index in [2.05, 4.69) is 15.2 Å². The molecule has 1 atom stereocenters. The highest BCUT2D eigenvalue weighted by molar-refractivity contribution is 7.99. The number of ether oxygens (including phenoxy) is 3. The normalized spacial score (nSPS) is 14.3. The first kappa shape index (κ1) is 36.5. The van der Waals surface area contributed by atoms with Gasteiger partial charge in [0.05, 0.1) is 41.0 Å². The molecule has 1 aliphatic heterocycles. The van der Waals surface area contributed by atoms with Crippen molar-refractivity contribution in [2.24, 2.45) is 4.99 Å². The number of methoxy groups -OCH3 is 2. The third-order valence-electron chi connectivity index (χ3n) is 8.12. The number of allylic oxidation sites excluding steroid dienone is 1. The third kappa shape index (κ3) is 7.11. The number of fused-ring (bicyclic) bond motifs is 1. The summed E-state index contributed by atoms with van der Waals surface area (Å²) < 4.78 is 20.4. The Morgan fingerprint density at radius 2 is 1.90 bits per heavy atom. The fraction of sp³-hybridized carbons (Fsp3) is 0.250. The van der Waals surface area contributed by atoms with Crippen LogP contribution in [-0.2, 0) is 16.1 Å². The summed E-state index contributed by atoms with van der Waals surface area (Å²) >= 11 is 8.60. The Hall–Kier alpha value is -5.25. The van der Waals surface area contributed by atoms with Crippen LogP contribution in [0.4, 0.5) is 5.69 Å². The van der Waals surface area contributed by atoms with Gasteiger partial charge in [0, 0.05) is 39.7 Å². The molecule has 16 heteroatoms. The number of aromatic nitrogens is 4. The van der Waals surface area contributed by atoms with Crippen LogP contribution in [0.3, 0.4) is 0 Å². The van der Waals surface area contributed by atoms with Gasteiger partial charge in [-0.15, -0.1) is 10.2 Å². The van der Waals surface area contributed by atoms with E-state index in [0.29, 0.717) is 60.6 Å². The average Bonchev–Trinajstić information content (AvgIpc) is 3.66. The molecule has 0 amide bonds. The lowest BCUT2D eigenvalue weighted by molar-refractivity contribution is -0.384. The Morgan fingerprint density at radius 3 is 2.58 bits per heavy atom. The summed E-state index contributed by atoms with van der Waals surface area (Å²) in [4.78, 5) is 45.1. The number of carbonyl (C=O) groups excluding carboxylic acids is 1. The Morgan fingerprint density at radius 1 is 1.12 bits per heavy atom. The van der Waals surface area contributed by atoms with Gasteiger partial charge < -0.3 is 18.8 Å². The predicted molar refractivity (Wildman–Crippen MR) is 198 cm³/mol. The monoisotopic (exact) mass is 760 g/mol. The molecular weight excluding hydrogens is 728 g/mol. The van der Waals surface area contributed by atoms with Gasteiger partial charge in [0.2, 0.25) is 0 Å². The lowest BCUT2D eigenvalue weighted by Crippen LogP contribution is -2.40. The van der Waals surface area contributed by atoms with Crippen LogP contribution in [0.1, 0.15) is 44.9 Å². The summed E-state index contributed by atoms with van der Waals surface area (Å²) in [6.07, 6.45) is 1.16. The minimum atomic E-state index is -0.985. The fourth-order valence-electron chi connectivity index (χ4n) is 5.79. The average molecular weight is 761 g/mol. The van der Waals surface area contributed by atoms with Crippen molar-refractivity contribution in [3.8, 4) is 22.9 Å². The molecule has 0 fully saturated rings. The zero-order chi connectivity index (χ0) is 37.3. The van der Waals surface area contributed by atoms with Crippen molar-refractivity contribution in [1.82, 2.24) is 19.3 Å². The fourth-order valence-corrected chi connectivity index (χ4v) is 8.00. The number of hydrogen-bond acceptors (Lipinski definition) is 12. The highest BCUT2D eigenvalue weighted by atomic mass is 35.5. The van der Waals surface area contributed by atoms with E-state index in [1.165, 1.54) is 42.7 Å². The van der Waals surface area contributed by atoms with Crippen LogP contribution in [0.5, 0.6) is 11.5 Å². The number of esters is 1. The van der Waals surface area contributed by atoms with Gasteiger partial charge in [-0.05, 0) is 87.5 Å². The van der Waals surface area contributed by atoms with Crippen molar-refractivity contribution in [3.63, 3.8) is 0 Å². The molecular formula is C36H33ClN6O7S2. The summed E-state index contributed by atoms with van der Waals surface area (Å²) in [6, 6.07) is 15.9. The number of benzene rings is 3. The number of nitro benzene ring substituents is 1. The second-order valence-corrected chi connectivity index (χ2v) is 14.2. The summed E-state index contributed by atoms with van der Waals surface area (Å²) in [7, 11) is 3.01. The number of hydrogen-bond donors (Lipinski definition) is 0. The van der Waals surface area contributed by atoms with Crippen molar-refractivity contribution in [2.75, 3.05) is 14.2 Å². The topological polar surface area (TPSA) is 153 Å². The number of nitrogens with zero attached hydrogens (tertiary/aromatic N) is 6. The first-order chi connectivity index (χ1) is 24.9. The summed E-state index contributed by atoms with van der Waals surface area (Å²) in [5.41, 5.74) is 1.59. The number of halogens is 1. The van der Waals surface area contributed by atoms with Crippen LogP contribution >= 0.6 is 34.7 Å². The van der Waals surface area contributed by atoms with E-state index in [-0.39, 0.29) is 15.8 Å². The zero-order valence-corrected chi connectivity index (χ0v) is 31.3. The van der Waals surface area contributed by atoms with Gasteiger partial charge in [0.1, 0.15) is 17.5 Å². The smallest absolute Gasteiger partial charge is 0.338 e. The number of rotatable bonds is 11. The SMILES string of the molecule is CCn1c(Sc2ccc([N+](=O)[O-])cc2/C=c2\sc3n(c2=O)[C@H](c2cc(OC)ccc2OC)C(C(=O)OC(C)C)=C(C)N=3)nnc1-c1cccc(Cl)c1. The Balaban J connectivity index is 1.53. The zero-order valence-electron chi connectivity index (χ0n) is 28.9. The molecule has 268 valence electrons. The van der Waals surface area contributed by atoms with Gasteiger partial charge in [-0.3, -0.25) is 19.5 Å². The predicted octanol–water partition coefficient (Wildman–Crippen LogP) is 6.20. The van der Waals surface area contributed by atoms with E-state index < -0.39 is 28.6 Å². The molecule has 3 heterocycles. The molecule has 0 saturated carbocycles. The first-order valence-corrected chi connectivity index (χ1v) is 18.1. The summed E-state index contributed by atoms with van der Waals surface area (Å²) in [5.74, 6) is 0.884. The Labute approximate surface area is 311 Å². The molecule has 6 rings (SSSR count). The summed E-state index contributed by atoms with van der Waals surface area (Å²) in [6.45, 7) is 7.65. The molecule has 0 bridgehead atoms. The molecule has 13 nitrogen and oxygen atoms in total. The van der Waals surface area contributed by atoms with Crippen LogP contribution in [0.2, 0.25) is 5.02 Å². The molecule has 0 unspecified atom stereocenters. The highest BCUT2D eigenvalue weighted by Gasteiger charge is 2.36. The second kappa shape index (κ2) is 15.2. The van der Waals surface area contributed by atoms with Crippen molar-refractivity contribution in [2.45, 2.75) is 56.4 Å². The van der Waals surface area contributed by atoms with E-state index in [0.717, 1.165) is 16.9 Å². The van der Waals surface area contributed by atoms with Gasteiger partial charge in [-0.25, -0.2) is 9.79 Å². The van der Waals surface area contributed by atoms with Crippen LogP contribution in [0.25, 0.3) is 17.5 Å². The molecule has 5 aromatic rings. The Bertz CT molecular complexity index is 2440. The number of carbonyl (C=O) groups is 1. The van der Waals surface area contributed by atoms with E-state index >= 15 is 0 Å². The first-order valence-electron chi connectivity index (χ1n) is 16.0. The van der Waals surface area contributed by atoms with Crippen LogP contribution < -0.4 is 24.4 Å². The summed E-state index contributed by atoms with van der Waals surface area (Å²) in [5, 5.41) is 21.8. The molecule has 0 spiro atoms. The molecule has 0 aliphatic carbocycles. The van der Waals surface area contributed by atoms with Gasteiger partial charge in [-0.1, -0.05) is 35.1 Å². The third-order valence-corrected chi connectivity index (χ3v) is 10.4. The second-order valence-electron chi connectivity index (χ2n) is 11.8. The molecule has 3 aromatic carbocycles. The van der Waals surface area contributed by atoms with Crippen molar-refractivity contribution in [3.05, 3.63) is 118 Å². The number of nitro groups is 1. The molecule has 52 heavy (non-hydrogen) atoms. The van der Waals surface area contributed by atoms with Crippen molar-refractivity contribution in [1.29, 1.82) is 0 Å². The van der Waals surface area contributed by atoms with Crippen LogP contribution in [-0.4, -0.2) is 50.5 Å². The number of thiazole rings is 1. The molecule has 0 radical (unpaired) electrons. The van der Waals surface area contributed by atoms with E-state index in [9.17, 15) is 19.7 Å². The molecule has 1 aliphatic rings. The van der Waals surface area contributed by atoms with E-state index in [1.807, 2.05) is 23.6 Å². The molecule has 2 aromatic heterocycles. The van der Waals surface area contributed by atoms with Gasteiger partial charge in [0.25, 0.3) is 11.2 Å². The highest BCUT2D eigenvalue weighted by Crippen LogP contribution is 2.38. The van der Waals surface area contributed by atoms with Gasteiger partial charge in [-0.2, -0.15) is 0 Å². The van der Waals surface area contributed by atoms with Gasteiger partial charge >= 0.3 is 5.97 Å². The van der Waals surface area contributed by atoms with Crippen molar-refractivity contribution < 1.29 is 23.9 Å². The largest absolute Gasteiger partial charge is 0.497 e. The minimum absolute atomic E-state index is 0.159. The lowest BCUT2D eigenvalue weighted by atomic mass is 9.94. The maximum Gasteiger partial charge on any atom is 0.338 e. The lowest BCUT2D eigenvalue weighted by Gasteiger charge is -2.26. The van der Waals surface area contributed by atoms with E-state index in [4.69, 9.17) is 25.8 Å². The minimum Gasteiger partial charge on any atom is -0.497 e. The van der Waals surface area contributed by atoms with Gasteiger partial charge in [0.15, 0.2) is 15.8 Å². The van der Waals surface area contributed by atoms with Crippen molar-refractivity contribution >= 4 is 52.4 Å². The molecule has 0 N–H and O–H groups in total. The standard InChI is InChI=1S/C36H33ClN6O7S2/c1-7-41-32(21-9-8-10-23(37)15-21)39-40-36(41)51-28-14-11-24(43(46)47)16-22(28)17-29-33(44)42-31(26-18-25(48-5)12-13-27(26)49-6)30(34(45)50-19(2)3)20(4)38-35(42)52-29/h8-19,31H,7H2,1-6H3/b29-17-/t31-/m1/s1. The van der Waals surface area contributed by atoms with Crippen LogP contribution in [0.15, 0.2) is 91.8 Å². The maximum atomic E-state index is 14.5. The number of non-ortho nitro benzene ring substituents is 1. The quantitative estimate of drug-likeness (QED) is 0.0865.